The van der Waals surface area contributed by atoms with Crippen LogP contribution in [0.3, 0.4) is 0 Å². The quantitative estimate of drug-likeness (QED) is 0.693. The number of nitrogens with zero attached hydrogens (tertiary/aromatic N) is 4. The molecule has 5 rings (SSSR count). The topological polar surface area (TPSA) is 79.8 Å². The fraction of sp³-hybridized carbons (Fsp3) is 0.560. The molecule has 2 aromatic rings. The molecule has 1 aromatic carbocycles. The highest BCUT2D eigenvalue weighted by molar-refractivity contribution is 6.00. The number of carbonyl (C=O) groups is 1. The Morgan fingerprint density at radius 1 is 1.12 bits per heavy atom. The van der Waals surface area contributed by atoms with Crippen LogP contribution >= 0.6 is 0 Å². The molecule has 0 bridgehead atoms. The molecule has 1 amide bonds. The second-order valence-corrected chi connectivity index (χ2v) is 9.36. The summed E-state index contributed by atoms with van der Waals surface area (Å²) in [5.74, 6) is 1.15. The first-order chi connectivity index (χ1) is 16.1. The third-order valence-corrected chi connectivity index (χ3v) is 6.71. The van der Waals surface area contributed by atoms with Gasteiger partial charge in [-0.1, -0.05) is 24.3 Å². The van der Waals surface area contributed by atoms with Crippen LogP contribution in [-0.2, 0) is 22.6 Å². The Morgan fingerprint density at radius 2 is 1.88 bits per heavy atom. The number of fused-ring (bicyclic) bond motifs is 1. The van der Waals surface area contributed by atoms with Crippen LogP contribution < -0.4 is 15.0 Å². The van der Waals surface area contributed by atoms with Crippen molar-refractivity contribution in [2.45, 2.75) is 45.7 Å². The van der Waals surface area contributed by atoms with E-state index in [1.807, 2.05) is 11.8 Å². The summed E-state index contributed by atoms with van der Waals surface area (Å²) < 4.78 is 11.4. The van der Waals surface area contributed by atoms with Gasteiger partial charge in [-0.3, -0.25) is 9.69 Å². The van der Waals surface area contributed by atoms with Gasteiger partial charge in [0.2, 0.25) is 5.91 Å². The van der Waals surface area contributed by atoms with E-state index >= 15 is 0 Å². The molecule has 0 atom stereocenters. The normalized spacial score (nSPS) is 19.4. The molecule has 8 nitrogen and oxygen atoms in total. The number of ether oxygens (including phenoxy) is 2. The summed E-state index contributed by atoms with van der Waals surface area (Å²) in [5.41, 5.74) is 3.89. The number of hydrogen-bond donors (Lipinski definition) is 1. The van der Waals surface area contributed by atoms with Crippen molar-refractivity contribution in [3.8, 4) is 6.01 Å². The first-order valence-electron chi connectivity index (χ1n) is 12.1. The Labute approximate surface area is 195 Å². The Morgan fingerprint density at radius 3 is 2.67 bits per heavy atom. The fourth-order valence-corrected chi connectivity index (χ4v) is 4.88. The van der Waals surface area contributed by atoms with Gasteiger partial charge in [-0.25, -0.2) is 0 Å². The predicted octanol–water partition coefficient (Wildman–Crippen LogP) is 3.14. The number of aromatic nitrogens is 2. The zero-order valence-electron chi connectivity index (χ0n) is 19.4. The molecule has 0 unspecified atom stereocenters. The van der Waals surface area contributed by atoms with Crippen LogP contribution in [0.5, 0.6) is 6.01 Å². The molecule has 4 heterocycles. The summed E-state index contributed by atoms with van der Waals surface area (Å²) in [5, 5.41) is 2.95. The van der Waals surface area contributed by atoms with E-state index < -0.39 is 0 Å². The molecule has 3 aliphatic rings. The van der Waals surface area contributed by atoms with Crippen LogP contribution in [0.4, 0.5) is 11.5 Å². The number of hydrogen-bond acceptors (Lipinski definition) is 7. The van der Waals surface area contributed by atoms with Crippen LogP contribution in [0.25, 0.3) is 0 Å². The maximum atomic E-state index is 12.4. The van der Waals surface area contributed by atoms with Gasteiger partial charge in [0, 0.05) is 26.3 Å². The molecule has 1 N–H and O–H groups in total. The predicted molar refractivity (Wildman–Crippen MR) is 126 cm³/mol. The molecular formula is C25H33N5O3. The van der Waals surface area contributed by atoms with Crippen molar-refractivity contribution in [1.29, 1.82) is 0 Å². The summed E-state index contributed by atoms with van der Waals surface area (Å²) in [6.45, 7) is 8.27. The van der Waals surface area contributed by atoms with Gasteiger partial charge >= 0.3 is 6.01 Å². The Bertz CT molecular complexity index is 986. The maximum Gasteiger partial charge on any atom is 0.318 e. The van der Waals surface area contributed by atoms with Gasteiger partial charge in [-0.2, -0.15) is 9.97 Å². The van der Waals surface area contributed by atoms with Crippen molar-refractivity contribution >= 4 is 17.4 Å². The number of benzene rings is 1. The van der Waals surface area contributed by atoms with E-state index in [9.17, 15) is 4.79 Å². The van der Waals surface area contributed by atoms with Gasteiger partial charge in [0.05, 0.1) is 18.8 Å². The molecule has 176 valence electrons. The van der Waals surface area contributed by atoms with Crippen LogP contribution in [0, 0.1) is 12.8 Å². The average molecular weight is 452 g/mol. The molecule has 2 fully saturated rings. The highest BCUT2D eigenvalue weighted by atomic mass is 16.5. The molecule has 0 saturated carbocycles. The average Bonchev–Trinajstić information content (AvgIpc) is 3.32. The van der Waals surface area contributed by atoms with Gasteiger partial charge in [-0.15, -0.1) is 0 Å². The van der Waals surface area contributed by atoms with Gasteiger partial charge in [0.1, 0.15) is 5.69 Å². The van der Waals surface area contributed by atoms with Crippen LogP contribution in [0.15, 0.2) is 24.3 Å². The van der Waals surface area contributed by atoms with E-state index in [0.29, 0.717) is 30.8 Å². The summed E-state index contributed by atoms with van der Waals surface area (Å²) in [6, 6.07) is 9.05. The molecule has 2 saturated heterocycles. The minimum Gasteiger partial charge on any atom is -0.463 e. The smallest absolute Gasteiger partial charge is 0.318 e. The number of likely N-dealkylation sites (tertiary alicyclic amines) is 1. The monoisotopic (exact) mass is 451 g/mol. The SMILES string of the molecule is Cc1nc(OCC2CCOCC2)nc2c1NC(=O)CN2Cc1cccc(CN2CCCC2)c1. The fourth-order valence-electron chi connectivity index (χ4n) is 4.88. The number of rotatable bonds is 7. The standard InChI is InChI=1S/C25H33N5O3/c1-18-23-24(28-25(26-18)33-17-19-7-11-32-12-8-19)30(16-22(31)27-23)15-21-6-4-5-20(13-21)14-29-9-2-3-10-29/h4-6,13,19H,2-3,7-12,14-17H2,1H3,(H,27,31). The Hall–Kier alpha value is -2.71. The molecule has 8 heteroatoms. The number of amides is 1. The van der Waals surface area contributed by atoms with E-state index in [4.69, 9.17) is 14.5 Å². The molecule has 0 radical (unpaired) electrons. The lowest BCUT2D eigenvalue weighted by atomic mass is 10.0. The Kier molecular flexibility index (Phi) is 6.73. The van der Waals surface area contributed by atoms with Crippen molar-refractivity contribution < 1.29 is 14.3 Å². The number of anilines is 2. The van der Waals surface area contributed by atoms with Crippen molar-refractivity contribution in [2.24, 2.45) is 5.92 Å². The molecule has 0 spiro atoms. The largest absolute Gasteiger partial charge is 0.463 e. The van der Waals surface area contributed by atoms with Crippen LogP contribution in [0.2, 0.25) is 0 Å². The number of aryl methyl sites for hydroxylation is 1. The molecule has 1 aromatic heterocycles. The number of nitrogens with one attached hydrogen (secondary N) is 1. The second-order valence-electron chi connectivity index (χ2n) is 9.36. The second kappa shape index (κ2) is 10.1. The van der Waals surface area contributed by atoms with Gasteiger partial charge in [-0.05, 0) is 62.7 Å². The molecule has 0 aliphatic carbocycles. The van der Waals surface area contributed by atoms with Crippen molar-refractivity contribution in [3.63, 3.8) is 0 Å². The lowest BCUT2D eigenvalue weighted by Gasteiger charge is -2.31. The van der Waals surface area contributed by atoms with E-state index in [2.05, 4.69) is 39.5 Å². The molecule has 33 heavy (non-hydrogen) atoms. The zero-order valence-corrected chi connectivity index (χ0v) is 19.4. The lowest BCUT2D eigenvalue weighted by molar-refractivity contribution is -0.115. The van der Waals surface area contributed by atoms with E-state index in [-0.39, 0.29) is 12.5 Å². The first-order valence-corrected chi connectivity index (χ1v) is 12.1. The van der Waals surface area contributed by atoms with E-state index in [0.717, 1.165) is 44.1 Å². The van der Waals surface area contributed by atoms with Crippen molar-refractivity contribution in [3.05, 3.63) is 41.1 Å². The van der Waals surface area contributed by atoms with E-state index in [1.165, 1.54) is 37.1 Å². The highest BCUT2D eigenvalue weighted by Gasteiger charge is 2.27. The summed E-state index contributed by atoms with van der Waals surface area (Å²) in [4.78, 5) is 26.2. The summed E-state index contributed by atoms with van der Waals surface area (Å²) >= 11 is 0. The minimum absolute atomic E-state index is 0.0432. The van der Waals surface area contributed by atoms with Gasteiger partial charge in [0.15, 0.2) is 5.82 Å². The zero-order chi connectivity index (χ0) is 22.6. The first kappa shape index (κ1) is 22.1. The number of carbonyl (C=O) groups excluding carboxylic acids is 1. The van der Waals surface area contributed by atoms with Crippen LogP contribution in [0.1, 0.15) is 42.5 Å². The van der Waals surface area contributed by atoms with E-state index in [1.54, 1.807) is 0 Å². The van der Waals surface area contributed by atoms with Gasteiger partial charge in [0.25, 0.3) is 0 Å². The van der Waals surface area contributed by atoms with Crippen molar-refractivity contribution in [2.75, 3.05) is 49.7 Å². The lowest BCUT2D eigenvalue weighted by Crippen LogP contribution is -2.39. The molecular weight excluding hydrogens is 418 g/mol. The summed E-state index contributed by atoms with van der Waals surface area (Å²) in [6.07, 6.45) is 4.58. The van der Waals surface area contributed by atoms with Crippen LogP contribution in [-0.4, -0.2) is 60.2 Å². The Balaban J connectivity index is 1.32. The minimum atomic E-state index is -0.0432. The third-order valence-electron chi connectivity index (χ3n) is 6.71. The van der Waals surface area contributed by atoms with Crippen molar-refractivity contribution in [1.82, 2.24) is 14.9 Å². The summed E-state index contributed by atoms with van der Waals surface area (Å²) in [7, 11) is 0. The van der Waals surface area contributed by atoms with Gasteiger partial charge < -0.3 is 19.7 Å². The maximum absolute atomic E-state index is 12.4. The molecule has 3 aliphatic heterocycles. The third kappa shape index (κ3) is 5.45. The highest BCUT2D eigenvalue weighted by Crippen LogP contribution is 2.33.